The Balaban J connectivity index is 1.97. The van der Waals surface area contributed by atoms with E-state index >= 15 is 0 Å². The lowest BCUT2D eigenvalue weighted by Gasteiger charge is -2.18. The number of primary amides is 1. The predicted octanol–water partition coefficient (Wildman–Crippen LogP) is 1.75. The minimum atomic E-state index is -0.299. The summed E-state index contributed by atoms with van der Waals surface area (Å²) < 4.78 is 5.26. The predicted molar refractivity (Wildman–Crippen MR) is 98.6 cm³/mol. The van der Waals surface area contributed by atoms with Crippen LogP contribution in [0.3, 0.4) is 0 Å². The Morgan fingerprint density at radius 2 is 1.92 bits per heavy atom. The second kappa shape index (κ2) is 7.40. The summed E-state index contributed by atoms with van der Waals surface area (Å²) in [7, 11) is 1.66. The largest absolute Gasteiger partial charge is 0.497 e. The van der Waals surface area contributed by atoms with Gasteiger partial charge in [0.25, 0.3) is 5.91 Å². The molecule has 5 heteroatoms. The molecule has 1 heterocycles. The maximum Gasteiger partial charge on any atom is 0.275 e. The van der Waals surface area contributed by atoms with Gasteiger partial charge in [-0.25, -0.2) is 0 Å². The van der Waals surface area contributed by atoms with Crippen LogP contribution in [0.5, 0.6) is 5.75 Å². The van der Waals surface area contributed by atoms with Crippen LogP contribution in [0, 0.1) is 0 Å². The number of aromatic amines is 1. The number of fused-ring (bicyclic) bond motifs is 1. The number of quaternary nitrogens is 1. The number of methoxy groups -OCH3 is 1. The third kappa shape index (κ3) is 3.67. The average molecular weight is 338 g/mol. The number of nitrogens with one attached hydrogen (secondary N) is 1. The van der Waals surface area contributed by atoms with E-state index in [0.717, 1.165) is 17.8 Å². The molecule has 5 nitrogen and oxygen atoms in total. The molecule has 1 aromatic heterocycles. The quantitative estimate of drug-likeness (QED) is 0.613. The van der Waals surface area contributed by atoms with Crippen molar-refractivity contribution in [1.82, 2.24) is 4.98 Å². The lowest BCUT2D eigenvalue weighted by Crippen LogP contribution is -2.92. The molecule has 2 aromatic carbocycles. The highest BCUT2D eigenvalue weighted by atomic mass is 16.5. The zero-order chi connectivity index (χ0) is 17.8. The number of rotatable bonds is 7. The highest BCUT2D eigenvalue weighted by Gasteiger charge is 2.22. The summed E-state index contributed by atoms with van der Waals surface area (Å²) in [5.41, 5.74) is 8.92. The lowest BCUT2D eigenvalue weighted by atomic mass is 9.90. The molecule has 3 rings (SSSR count). The summed E-state index contributed by atoms with van der Waals surface area (Å²) in [4.78, 5) is 14.7. The summed E-state index contributed by atoms with van der Waals surface area (Å²) in [6.45, 7) is 2.57. The van der Waals surface area contributed by atoms with E-state index in [1.54, 1.807) is 7.11 Å². The number of nitrogens with two attached hydrogens (primary N) is 2. The van der Waals surface area contributed by atoms with E-state index < -0.39 is 0 Å². The van der Waals surface area contributed by atoms with Gasteiger partial charge in [0.2, 0.25) is 0 Å². The molecule has 3 aromatic rings. The van der Waals surface area contributed by atoms with E-state index in [2.05, 4.69) is 35.4 Å². The molecule has 25 heavy (non-hydrogen) atoms. The van der Waals surface area contributed by atoms with Crippen molar-refractivity contribution in [3.63, 3.8) is 0 Å². The monoisotopic (exact) mass is 338 g/mol. The summed E-state index contributed by atoms with van der Waals surface area (Å²) >= 11 is 0. The molecule has 0 aliphatic heterocycles. The molecule has 130 valence electrons. The van der Waals surface area contributed by atoms with Gasteiger partial charge in [-0.1, -0.05) is 30.3 Å². The number of hydrogen-bond acceptors (Lipinski definition) is 2. The van der Waals surface area contributed by atoms with Crippen LogP contribution in [0.25, 0.3) is 10.9 Å². The zero-order valence-electron chi connectivity index (χ0n) is 14.5. The topological polar surface area (TPSA) is 84.7 Å². The van der Waals surface area contributed by atoms with Gasteiger partial charge in [-0.15, -0.1) is 0 Å². The van der Waals surface area contributed by atoms with Gasteiger partial charge in [0.1, 0.15) is 5.75 Å². The molecule has 5 N–H and O–H groups in total. The first-order valence-corrected chi connectivity index (χ1v) is 8.42. The molecule has 2 atom stereocenters. The van der Waals surface area contributed by atoms with Crippen LogP contribution in [-0.2, 0) is 4.79 Å². The van der Waals surface area contributed by atoms with Crippen molar-refractivity contribution in [3.05, 3.63) is 65.9 Å². The third-order valence-electron chi connectivity index (χ3n) is 4.69. The van der Waals surface area contributed by atoms with Gasteiger partial charge in [0.15, 0.2) is 6.04 Å². The van der Waals surface area contributed by atoms with Crippen LogP contribution >= 0.6 is 0 Å². The number of H-pyrrole nitrogens is 1. The Labute approximate surface area is 147 Å². The number of amides is 1. The Morgan fingerprint density at radius 1 is 1.20 bits per heavy atom. The first kappa shape index (κ1) is 17.0. The summed E-state index contributed by atoms with van der Waals surface area (Å²) in [5.74, 6) is 0.673. The summed E-state index contributed by atoms with van der Waals surface area (Å²) in [6.07, 6.45) is 2.06. The van der Waals surface area contributed by atoms with Crippen LogP contribution in [0.2, 0.25) is 0 Å². The molecule has 0 unspecified atom stereocenters. The van der Waals surface area contributed by atoms with Crippen molar-refractivity contribution in [2.75, 3.05) is 13.7 Å². The van der Waals surface area contributed by atoms with Gasteiger partial charge < -0.3 is 20.8 Å². The zero-order valence-corrected chi connectivity index (χ0v) is 14.5. The summed E-state index contributed by atoms with van der Waals surface area (Å²) in [6, 6.07) is 16.1. The van der Waals surface area contributed by atoms with Gasteiger partial charge in [0, 0.05) is 17.1 Å². The fourth-order valence-electron chi connectivity index (χ4n) is 3.12. The van der Waals surface area contributed by atoms with Crippen molar-refractivity contribution < 1.29 is 14.8 Å². The molecule has 1 amide bonds. The number of aromatic nitrogens is 1. The van der Waals surface area contributed by atoms with Gasteiger partial charge in [0.05, 0.1) is 19.6 Å². The van der Waals surface area contributed by atoms with E-state index in [4.69, 9.17) is 10.5 Å². The molecular weight excluding hydrogens is 314 g/mol. The number of para-hydroxylation sites is 1. The molecule has 0 saturated carbocycles. The van der Waals surface area contributed by atoms with E-state index in [1.165, 1.54) is 16.5 Å². The van der Waals surface area contributed by atoms with Gasteiger partial charge in [-0.2, -0.15) is 0 Å². The fraction of sp³-hybridized carbons (Fsp3) is 0.250. The second-order valence-electron chi connectivity index (χ2n) is 6.28. The van der Waals surface area contributed by atoms with Gasteiger partial charge >= 0.3 is 0 Å². The Kier molecular flexibility index (Phi) is 5.05. The first-order chi connectivity index (χ1) is 12.1. The number of hydrogen-bond donors (Lipinski definition) is 3. The highest BCUT2D eigenvalue weighted by Crippen LogP contribution is 2.30. The molecule has 0 radical (unpaired) electrons. The van der Waals surface area contributed by atoms with E-state index in [1.807, 2.05) is 36.5 Å². The van der Waals surface area contributed by atoms with Crippen molar-refractivity contribution in [3.8, 4) is 5.75 Å². The van der Waals surface area contributed by atoms with E-state index in [9.17, 15) is 4.79 Å². The van der Waals surface area contributed by atoms with Crippen molar-refractivity contribution in [2.24, 2.45) is 5.73 Å². The maximum absolute atomic E-state index is 11.4. The van der Waals surface area contributed by atoms with Crippen LogP contribution < -0.4 is 15.8 Å². The average Bonchev–Trinajstić information content (AvgIpc) is 3.06. The molecule has 0 saturated heterocycles. The Hall–Kier alpha value is -2.79. The van der Waals surface area contributed by atoms with Crippen LogP contribution in [-0.4, -0.2) is 30.6 Å². The van der Waals surface area contributed by atoms with Gasteiger partial charge in [-0.3, -0.25) is 4.79 Å². The molecule has 0 aliphatic rings. The maximum atomic E-state index is 11.4. The number of carbonyl (C=O) groups is 1. The van der Waals surface area contributed by atoms with Gasteiger partial charge in [-0.05, 0) is 36.2 Å². The number of carbonyl (C=O) groups excluding carboxylic acids is 1. The minimum Gasteiger partial charge on any atom is -0.497 e. The molecular formula is C20H24N3O2+. The van der Waals surface area contributed by atoms with E-state index in [-0.39, 0.29) is 17.9 Å². The summed E-state index contributed by atoms with van der Waals surface area (Å²) in [5, 5.41) is 3.20. The Bertz CT molecular complexity index is 855. The molecule has 0 spiro atoms. The smallest absolute Gasteiger partial charge is 0.275 e. The van der Waals surface area contributed by atoms with Crippen LogP contribution in [0.4, 0.5) is 0 Å². The second-order valence-corrected chi connectivity index (χ2v) is 6.28. The first-order valence-electron chi connectivity index (χ1n) is 8.42. The number of benzene rings is 2. The highest BCUT2D eigenvalue weighted by molar-refractivity contribution is 5.84. The van der Waals surface area contributed by atoms with Crippen molar-refractivity contribution >= 4 is 16.8 Å². The lowest BCUT2D eigenvalue weighted by molar-refractivity contribution is -0.674. The van der Waals surface area contributed by atoms with Crippen LogP contribution in [0.15, 0.2) is 54.7 Å². The molecule has 0 fully saturated rings. The van der Waals surface area contributed by atoms with Crippen molar-refractivity contribution in [2.45, 2.75) is 18.9 Å². The normalized spacial score (nSPS) is 13.5. The standard InChI is InChI=1S/C20H23N3O2/c1-13(20(21)24)22-11-17(14-7-9-15(25-2)10-8-14)18-12-23-19-6-4-3-5-16(18)19/h3-10,12-13,17,22-23H,11H2,1-2H3,(H2,21,24)/p+1/t13-,17+/m1/s1. The third-order valence-corrected chi connectivity index (χ3v) is 4.69. The van der Waals surface area contributed by atoms with E-state index in [0.29, 0.717) is 0 Å². The molecule has 0 bridgehead atoms. The Morgan fingerprint density at radius 3 is 2.60 bits per heavy atom. The minimum absolute atomic E-state index is 0.142. The molecule has 0 aliphatic carbocycles. The van der Waals surface area contributed by atoms with Crippen molar-refractivity contribution in [1.29, 1.82) is 0 Å². The number of ether oxygens (including phenoxy) is 1. The fourth-order valence-corrected chi connectivity index (χ4v) is 3.12. The SMILES string of the molecule is COc1ccc([C@H](C[NH2+][C@H](C)C(N)=O)c2c[nH]c3ccccc23)cc1. The van der Waals surface area contributed by atoms with Crippen LogP contribution in [0.1, 0.15) is 24.0 Å².